The molecule has 2 aliphatic rings. The van der Waals surface area contributed by atoms with Gasteiger partial charge in [0.05, 0.1) is 24.2 Å². The maximum absolute atomic E-state index is 12.2. The summed E-state index contributed by atoms with van der Waals surface area (Å²) in [5.74, 6) is -0.884. The molecule has 6 nitrogen and oxygen atoms in total. The third kappa shape index (κ3) is 2.41. The second-order valence-electron chi connectivity index (χ2n) is 6.83. The molecule has 0 aromatic carbocycles. The Morgan fingerprint density at radius 2 is 1.89 bits per heavy atom. The number of aliphatic carboxylic acids is 1. The highest BCUT2D eigenvalue weighted by Gasteiger charge is 2.60. The third-order valence-electron chi connectivity index (χ3n) is 3.67. The van der Waals surface area contributed by atoms with E-state index in [1.165, 1.54) is 4.90 Å². The smallest absolute Gasteiger partial charge is 0.410 e. The average Bonchev–Trinajstić information content (AvgIpc) is 2.51. The average molecular weight is 271 g/mol. The zero-order chi connectivity index (χ0) is 14.5. The van der Waals surface area contributed by atoms with Gasteiger partial charge in [0, 0.05) is 6.54 Å². The number of likely N-dealkylation sites (tertiary alicyclic amines) is 1. The minimum absolute atomic E-state index is 0.167. The standard InChI is InChI=1S/C13H21NO5/c1-11(2,3)19-10(17)14-6-12(4,9(15)16)5-13(14)7-18-8-13/h5-8H2,1-4H3,(H,15,16). The molecule has 2 fully saturated rings. The molecule has 6 heteroatoms. The monoisotopic (exact) mass is 271 g/mol. The quantitative estimate of drug-likeness (QED) is 0.782. The molecule has 1 unspecified atom stereocenters. The number of amides is 1. The van der Waals surface area contributed by atoms with Crippen LogP contribution < -0.4 is 0 Å². The van der Waals surface area contributed by atoms with Gasteiger partial charge in [-0.05, 0) is 34.1 Å². The third-order valence-corrected chi connectivity index (χ3v) is 3.67. The maximum Gasteiger partial charge on any atom is 0.410 e. The first-order chi connectivity index (χ1) is 8.58. The fourth-order valence-electron chi connectivity index (χ4n) is 2.71. The van der Waals surface area contributed by atoms with Gasteiger partial charge in [-0.25, -0.2) is 4.79 Å². The van der Waals surface area contributed by atoms with Gasteiger partial charge in [-0.15, -0.1) is 0 Å². The molecule has 19 heavy (non-hydrogen) atoms. The van der Waals surface area contributed by atoms with Crippen molar-refractivity contribution in [2.45, 2.75) is 45.3 Å². The van der Waals surface area contributed by atoms with Crippen molar-refractivity contribution in [2.75, 3.05) is 19.8 Å². The number of ether oxygens (including phenoxy) is 2. The van der Waals surface area contributed by atoms with Crippen LogP contribution in [0.25, 0.3) is 0 Å². The van der Waals surface area contributed by atoms with E-state index < -0.39 is 28.6 Å². The Morgan fingerprint density at radius 3 is 2.26 bits per heavy atom. The second-order valence-corrected chi connectivity index (χ2v) is 6.83. The molecular formula is C13H21NO5. The molecule has 2 aliphatic heterocycles. The molecule has 0 bridgehead atoms. The number of carboxylic acid groups (broad SMARTS) is 1. The second kappa shape index (κ2) is 4.10. The van der Waals surface area contributed by atoms with Crippen LogP contribution >= 0.6 is 0 Å². The minimum atomic E-state index is -0.930. The molecule has 2 rings (SSSR count). The van der Waals surface area contributed by atoms with Crippen LogP contribution in [0.4, 0.5) is 4.79 Å². The zero-order valence-electron chi connectivity index (χ0n) is 11.9. The molecule has 1 spiro atoms. The predicted molar refractivity (Wildman–Crippen MR) is 66.8 cm³/mol. The van der Waals surface area contributed by atoms with Crippen LogP contribution in [-0.4, -0.2) is 53.0 Å². The zero-order valence-corrected chi connectivity index (χ0v) is 11.9. The normalized spacial score (nSPS) is 29.2. The number of carboxylic acids is 1. The lowest BCUT2D eigenvalue weighted by Gasteiger charge is -2.44. The van der Waals surface area contributed by atoms with Crippen molar-refractivity contribution in [3.63, 3.8) is 0 Å². The Hall–Kier alpha value is -1.30. The van der Waals surface area contributed by atoms with Gasteiger partial charge in [0.2, 0.25) is 0 Å². The lowest BCUT2D eigenvalue weighted by Crippen LogP contribution is -2.61. The van der Waals surface area contributed by atoms with Crippen LogP contribution in [0.5, 0.6) is 0 Å². The van der Waals surface area contributed by atoms with Crippen LogP contribution in [0.15, 0.2) is 0 Å². The lowest BCUT2D eigenvalue weighted by atomic mass is 9.81. The predicted octanol–water partition coefficient (Wildman–Crippen LogP) is 1.49. The van der Waals surface area contributed by atoms with Crippen LogP contribution in [0.3, 0.4) is 0 Å². The van der Waals surface area contributed by atoms with E-state index in [0.29, 0.717) is 19.6 Å². The molecule has 0 radical (unpaired) electrons. The SMILES string of the molecule is CC(C)(C)OC(=O)N1CC(C)(C(=O)O)CC12COC2. The van der Waals surface area contributed by atoms with Crippen LogP contribution in [0.2, 0.25) is 0 Å². The van der Waals surface area contributed by atoms with E-state index in [0.717, 1.165) is 0 Å². The Balaban J connectivity index is 2.19. The van der Waals surface area contributed by atoms with Gasteiger partial charge in [-0.2, -0.15) is 0 Å². The summed E-state index contributed by atoms with van der Waals surface area (Å²) < 4.78 is 10.6. The van der Waals surface area contributed by atoms with Gasteiger partial charge in [0.25, 0.3) is 0 Å². The lowest BCUT2D eigenvalue weighted by molar-refractivity contribution is -0.148. The van der Waals surface area contributed by atoms with Crippen molar-refractivity contribution in [3.05, 3.63) is 0 Å². The summed E-state index contributed by atoms with van der Waals surface area (Å²) in [6.45, 7) is 7.98. The molecule has 2 heterocycles. The molecule has 1 atom stereocenters. The van der Waals surface area contributed by atoms with E-state index in [-0.39, 0.29) is 6.54 Å². The number of hydrogen-bond donors (Lipinski definition) is 1. The summed E-state index contributed by atoms with van der Waals surface area (Å²) in [5, 5.41) is 9.34. The van der Waals surface area contributed by atoms with Crippen molar-refractivity contribution in [1.29, 1.82) is 0 Å². The fraction of sp³-hybridized carbons (Fsp3) is 0.846. The number of hydrogen-bond acceptors (Lipinski definition) is 4. The summed E-state index contributed by atoms with van der Waals surface area (Å²) in [6.07, 6.45) is -0.0463. The number of nitrogens with zero attached hydrogens (tertiary/aromatic N) is 1. The van der Waals surface area contributed by atoms with E-state index in [1.807, 2.05) is 0 Å². The maximum atomic E-state index is 12.2. The molecule has 0 aliphatic carbocycles. The summed E-state index contributed by atoms with van der Waals surface area (Å²) in [6, 6.07) is 0. The van der Waals surface area contributed by atoms with E-state index in [9.17, 15) is 14.7 Å². The van der Waals surface area contributed by atoms with Crippen molar-refractivity contribution in [2.24, 2.45) is 5.41 Å². The fourth-order valence-corrected chi connectivity index (χ4v) is 2.71. The molecule has 1 amide bonds. The number of rotatable bonds is 1. The largest absolute Gasteiger partial charge is 0.481 e. The van der Waals surface area contributed by atoms with E-state index in [1.54, 1.807) is 27.7 Å². The van der Waals surface area contributed by atoms with Crippen molar-refractivity contribution in [1.82, 2.24) is 4.90 Å². The molecule has 0 aromatic rings. The van der Waals surface area contributed by atoms with Gasteiger partial charge >= 0.3 is 12.1 Å². The van der Waals surface area contributed by atoms with Crippen molar-refractivity contribution in [3.8, 4) is 0 Å². The van der Waals surface area contributed by atoms with Crippen LogP contribution in [0, 0.1) is 5.41 Å². The first kappa shape index (κ1) is 14.1. The molecular weight excluding hydrogens is 250 g/mol. The van der Waals surface area contributed by atoms with Gasteiger partial charge < -0.3 is 14.6 Å². The van der Waals surface area contributed by atoms with Gasteiger partial charge in [0.15, 0.2) is 0 Å². The van der Waals surface area contributed by atoms with Gasteiger partial charge in [0.1, 0.15) is 5.60 Å². The first-order valence-electron chi connectivity index (χ1n) is 6.40. The number of carbonyl (C=O) groups excluding carboxylic acids is 1. The molecule has 108 valence electrons. The number of carbonyl (C=O) groups is 2. The molecule has 0 aromatic heterocycles. The summed E-state index contributed by atoms with van der Waals surface area (Å²) in [7, 11) is 0. The topological polar surface area (TPSA) is 76.1 Å². The highest BCUT2D eigenvalue weighted by Crippen LogP contribution is 2.46. The molecule has 1 N–H and O–H groups in total. The first-order valence-corrected chi connectivity index (χ1v) is 6.40. The summed E-state index contributed by atoms with van der Waals surface area (Å²) in [4.78, 5) is 25.2. The van der Waals surface area contributed by atoms with E-state index in [4.69, 9.17) is 9.47 Å². The molecule has 2 saturated heterocycles. The Labute approximate surface area is 112 Å². The van der Waals surface area contributed by atoms with Gasteiger partial charge in [-0.3, -0.25) is 9.69 Å². The van der Waals surface area contributed by atoms with Gasteiger partial charge in [-0.1, -0.05) is 0 Å². The minimum Gasteiger partial charge on any atom is -0.481 e. The summed E-state index contributed by atoms with van der Waals surface area (Å²) in [5.41, 5.74) is -2.03. The van der Waals surface area contributed by atoms with Crippen molar-refractivity contribution < 1.29 is 24.2 Å². The Bertz CT molecular complexity index is 410. The van der Waals surface area contributed by atoms with Crippen molar-refractivity contribution >= 4 is 12.1 Å². The molecule has 0 saturated carbocycles. The Morgan fingerprint density at radius 1 is 1.32 bits per heavy atom. The van der Waals surface area contributed by atoms with E-state index in [2.05, 4.69) is 0 Å². The van der Waals surface area contributed by atoms with Crippen LogP contribution in [0.1, 0.15) is 34.1 Å². The highest BCUT2D eigenvalue weighted by atomic mass is 16.6. The Kier molecular flexibility index (Phi) is 3.04. The highest BCUT2D eigenvalue weighted by molar-refractivity contribution is 5.78. The van der Waals surface area contributed by atoms with E-state index >= 15 is 0 Å². The van der Waals surface area contributed by atoms with Crippen LogP contribution in [-0.2, 0) is 14.3 Å². The summed E-state index contributed by atoms with van der Waals surface area (Å²) >= 11 is 0.